The zero-order valence-electron chi connectivity index (χ0n) is 9.48. The molecule has 5 nitrogen and oxygen atoms in total. The van der Waals surface area contributed by atoms with E-state index in [0.717, 1.165) is 4.90 Å². The Balaban J connectivity index is 2.72. The third-order valence-electron chi connectivity index (χ3n) is 2.21. The zero-order valence-corrected chi connectivity index (χ0v) is 9.48. The van der Waals surface area contributed by atoms with Crippen LogP contribution >= 0.6 is 0 Å². The number of nitrogens with zero attached hydrogens (tertiary/aromatic N) is 1. The van der Waals surface area contributed by atoms with Gasteiger partial charge in [0.25, 0.3) is 0 Å². The minimum absolute atomic E-state index is 0.0135. The van der Waals surface area contributed by atoms with Gasteiger partial charge in [-0.25, -0.2) is 9.69 Å². The number of carbonyl (C=O) groups excluding carboxylic acids is 2. The molecule has 0 radical (unpaired) electrons. The SMILES string of the molecule is C[C@H]1[C@H](O)CC(=O)N1C(=O)OC(C)(C)C. The van der Waals surface area contributed by atoms with Gasteiger partial charge in [-0.2, -0.15) is 0 Å². The van der Waals surface area contributed by atoms with Gasteiger partial charge in [0, 0.05) is 0 Å². The lowest BCUT2D eigenvalue weighted by molar-refractivity contribution is -0.127. The van der Waals surface area contributed by atoms with Gasteiger partial charge in [-0.15, -0.1) is 0 Å². The first kappa shape index (κ1) is 12.0. The van der Waals surface area contributed by atoms with Crippen LogP contribution in [0.1, 0.15) is 34.1 Å². The summed E-state index contributed by atoms with van der Waals surface area (Å²) < 4.78 is 5.07. The highest BCUT2D eigenvalue weighted by molar-refractivity contribution is 5.94. The van der Waals surface area contributed by atoms with Crippen LogP contribution in [0, 0.1) is 0 Å². The van der Waals surface area contributed by atoms with Crippen LogP contribution in [0.15, 0.2) is 0 Å². The monoisotopic (exact) mass is 215 g/mol. The van der Waals surface area contributed by atoms with Crippen molar-refractivity contribution in [3.05, 3.63) is 0 Å². The Morgan fingerprint density at radius 2 is 2.07 bits per heavy atom. The Morgan fingerprint density at radius 3 is 2.40 bits per heavy atom. The predicted octanol–water partition coefficient (Wildman–Crippen LogP) is 0.903. The van der Waals surface area contributed by atoms with E-state index in [-0.39, 0.29) is 12.3 Å². The molecule has 0 unspecified atom stereocenters. The molecule has 15 heavy (non-hydrogen) atoms. The average molecular weight is 215 g/mol. The number of aliphatic hydroxyl groups is 1. The number of likely N-dealkylation sites (tertiary alicyclic amines) is 1. The van der Waals surface area contributed by atoms with Crippen molar-refractivity contribution in [1.29, 1.82) is 0 Å². The van der Waals surface area contributed by atoms with Crippen molar-refractivity contribution in [2.75, 3.05) is 0 Å². The topological polar surface area (TPSA) is 66.8 Å². The number of rotatable bonds is 0. The number of imide groups is 1. The number of ether oxygens (including phenoxy) is 1. The molecule has 1 rings (SSSR count). The molecule has 2 amide bonds. The zero-order chi connectivity index (χ0) is 11.8. The molecule has 2 atom stereocenters. The summed E-state index contributed by atoms with van der Waals surface area (Å²) in [6.45, 7) is 6.81. The summed E-state index contributed by atoms with van der Waals surface area (Å²) in [6.07, 6.45) is -1.48. The highest BCUT2D eigenvalue weighted by Gasteiger charge is 2.41. The molecule has 0 aliphatic carbocycles. The van der Waals surface area contributed by atoms with Crippen molar-refractivity contribution in [2.24, 2.45) is 0 Å². The fourth-order valence-corrected chi connectivity index (χ4v) is 1.43. The maximum absolute atomic E-state index is 11.6. The molecule has 86 valence electrons. The molecule has 0 aromatic carbocycles. The van der Waals surface area contributed by atoms with Crippen LogP contribution in [0.4, 0.5) is 4.79 Å². The van der Waals surface area contributed by atoms with Gasteiger partial charge in [-0.1, -0.05) is 0 Å². The molecule has 5 heteroatoms. The molecule has 1 aliphatic heterocycles. The highest BCUT2D eigenvalue weighted by Crippen LogP contribution is 2.21. The Bertz CT molecular complexity index is 282. The number of hydrogen-bond acceptors (Lipinski definition) is 4. The van der Waals surface area contributed by atoms with E-state index in [1.807, 2.05) is 0 Å². The standard InChI is InChI=1S/C10H17NO4/c1-6-7(12)5-8(13)11(6)9(14)15-10(2,3)4/h6-7,12H,5H2,1-4H3/t6-,7+/m0/s1. The van der Waals surface area contributed by atoms with Crippen LogP contribution in [0.5, 0.6) is 0 Å². The van der Waals surface area contributed by atoms with Gasteiger partial charge in [0.05, 0.1) is 18.6 Å². The van der Waals surface area contributed by atoms with Crippen LogP contribution < -0.4 is 0 Å². The minimum Gasteiger partial charge on any atom is -0.443 e. The fraction of sp³-hybridized carbons (Fsp3) is 0.800. The average Bonchev–Trinajstić information content (AvgIpc) is 2.22. The van der Waals surface area contributed by atoms with E-state index < -0.39 is 23.8 Å². The Hall–Kier alpha value is -1.10. The van der Waals surface area contributed by atoms with Gasteiger partial charge in [-0.3, -0.25) is 4.79 Å². The van der Waals surface area contributed by atoms with E-state index in [4.69, 9.17) is 4.74 Å². The predicted molar refractivity (Wildman–Crippen MR) is 53.2 cm³/mol. The lowest BCUT2D eigenvalue weighted by atomic mass is 10.2. The largest absolute Gasteiger partial charge is 0.443 e. The molecule has 0 aromatic rings. The van der Waals surface area contributed by atoms with Crippen LogP contribution in [0.25, 0.3) is 0 Å². The molecule has 1 saturated heterocycles. The van der Waals surface area contributed by atoms with Crippen molar-refractivity contribution in [1.82, 2.24) is 4.90 Å². The van der Waals surface area contributed by atoms with Crippen LogP contribution in [0.3, 0.4) is 0 Å². The van der Waals surface area contributed by atoms with Gasteiger partial charge in [0.2, 0.25) is 5.91 Å². The van der Waals surface area contributed by atoms with Gasteiger partial charge < -0.3 is 9.84 Å². The molecular formula is C10H17NO4. The summed E-state index contributed by atoms with van der Waals surface area (Å²) in [5.41, 5.74) is -0.634. The molecule has 1 fully saturated rings. The van der Waals surface area contributed by atoms with E-state index in [1.54, 1.807) is 27.7 Å². The summed E-state index contributed by atoms with van der Waals surface area (Å²) in [4.78, 5) is 24.0. The first-order valence-corrected chi connectivity index (χ1v) is 4.95. The van der Waals surface area contributed by atoms with Gasteiger partial charge in [0.1, 0.15) is 5.60 Å². The summed E-state index contributed by atoms with van der Waals surface area (Å²) >= 11 is 0. The molecule has 1 N–H and O–H groups in total. The fourth-order valence-electron chi connectivity index (χ4n) is 1.43. The minimum atomic E-state index is -0.787. The number of hydrogen-bond donors (Lipinski definition) is 1. The van der Waals surface area contributed by atoms with E-state index in [1.165, 1.54) is 0 Å². The van der Waals surface area contributed by atoms with Crippen molar-refractivity contribution >= 4 is 12.0 Å². The lowest BCUT2D eigenvalue weighted by Crippen LogP contribution is -2.42. The lowest BCUT2D eigenvalue weighted by Gasteiger charge is -2.26. The highest BCUT2D eigenvalue weighted by atomic mass is 16.6. The van der Waals surface area contributed by atoms with Crippen molar-refractivity contribution in [2.45, 2.75) is 51.9 Å². The summed E-state index contributed by atoms with van der Waals surface area (Å²) in [5.74, 6) is -0.385. The molecule has 1 aliphatic rings. The molecule has 0 spiro atoms. The Kier molecular flexibility index (Phi) is 3.04. The number of carbonyl (C=O) groups is 2. The van der Waals surface area contributed by atoms with Gasteiger partial charge in [0.15, 0.2) is 0 Å². The van der Waals surface area contributed by atoms with Crippen molar-refractivity contribution in [3.63, 3.8) is 0 Å². The molecule has 1 heterocycles. The molecule has 0 saturated carbocycles. The normalized spacial score (nSPS) is 27.0. The second kappa shape index (κ2) is 3.81. The first-order chi connectivity index (χ1) is 6.72. The third-order valence-corrected chi connectivity index (χ3v) is 2.21. The van der Waals surface area contributed by atoms with Crippen LogP contribution in [-0.4, -0.2) is 39.8 Å². The van der Waals surface area contributed by atoms with Gasteiger partial charge in [-0.05, 0) is 27.7 Å². The van der Waals surface area contributed by atoms with Crippen LogP contribution in [-0.2, 0) is 9.53 Å². The van der Waals surface area contributed by atoms with Crippen molar-refractivity contribution < 1.29 is 19.4 Å². The van der Waals surface area contributed by atoms with E-state index in [0.29, 0.717) is 0 Å². The van der Waals surface area contributed by atoms with Crippen LogP contribution in [0.2, 0.25) is 0 Å². The maximum Gasteiger partial charge on any atom is 0.417 e. The van der Waals surface area contributed by atoms with E-state index in [9.17, 15) is 14.7 Å². The quantitative estimate of drug-likeness (QED) is 0.652. The third kappa shape index (κ3) is 2.68. The number of aliphatic hydroxyl groups excluding tert-OH is 1. The Morgan fingerprint density at radius 1 is 1.53 bits per heavy atom. The summed E-state index contributed by atoms with van der Waals surface area (Å²) in [5, 5.41) is 9.42. The van der Waals surface area contributed by atoms with Crippen molar-refractivity contribution in [3.8, 4) is 0 Å². The van der Waals surface area contributed by atoms with Gasteiger partial charge >= 0.3 is 6.09 Å². The number of amides is 2. The summed E-state index contributed by atoms with van der Waals surface area (Å²) in [7, 11) is 0. The molecular weight excluding hydrogens is 198 g/mol. The smallest absolute Gasteiger partial charge is 0.417 e. The maximum atomic E-state index is 11.6. The Labute approximate surface area is 89.0 Å². The first-order valence-electron chi connectivity index (χ1n) is 4.95. The second-order valence-corrected chi connectivity index (χ2v) is 4.76. The van der Waals surface area contributed by atoms with E-state index in [2.05, 4.69) is 0 Å². The second-order valence-electron chi connectivity index (χ2n) is 4.76. The molecule has 0 bridgehead atoms. The molecule has 0 aromatic heterocycles. The van der Waals surface area contributed by atoms with E-state index >= 15 is 0 Å². The summed E-state index contributed by atoms with van der Waals surface area (Å²) in [6, 6.07) is -0.507.